The predicted molar refractivity (Wildman–Crippen MR) is 113 cm³/mol. The summed E-state index contributed by atoms with van der Waals surface area (Å²) in [5.74, 6) is 1.10. The molecule has 0 radical (unpaired) electrons. The lowest BCUT2D eigenvalue weighted by atomic mass is 9.87. The molecule has 2 N–H and O–H groups in total. The second kappa shape index (κ2) is 9.52. The Hall–Kier alpha value is -3.22. The van der Waals surface area contributed by atoms with Crippen molar-refractivity contribution in [3.05, 3.63) is 54.1 Å². The summed E-state index contributed by atoms with van der Waals surface area (Å²) in [5.41, 5.74) is 6.11. The molecule has 160 valence electrons. The number of carbonyl (C=O) groups is 2. The molecule has 2 aromatic rings. The average Bonchev–Trinajstić information content (AvgIpc) is 2.74. The first-order chi connectivity index (χ1) is 14.3. The fraction of sp³-hybridized carbons (Fsp3) is 0.391. The van der Waals surface area contributed by atoms with Crippen LogP contribution in [0.25, 0.3) is 0 Å². The van der Waals surface area contributed by atoms with Gasteiger partial charge in [0.15, 0.2) is 11.5 Å². The minimum absolute atomic E-state index is 0.0839. The van der Waals surface area contributed by atoms with Gasteiger partial charge in [-0.25, -0.2) is 0 Å². The van der Waals surface area contributed by atoms with E-state index in [0.717, 1.165) is 5.75 Å². The van der Waals surface area contributed by atoms with Crippen molar-refractivity contribution in [2.45, 2.75) is 45.1 Å². The van der Waals surface area contributed by atoms with Gasteiger partial charge in [0.05, 0.1) is 6.61 Å². The van der Waals surface area contributed by atoms with Crippen molar-refractivity contribution in [1.29, 1.82) is 0 Å². The number of para-hydroxylation sites is 2. The molecule has 7 nitrogen and oxygen atoms in total. The standard InChI is InChI=1S/C23H28N2O5/c1-23(2,3)16-10-12-17(13-11-16)28-14-6-9-21(26)24-25-22(27)20-15-29-18-7-4-5-8-19(18)30-20/h4-5,7-8,10-13,20H,6,9,14-15H2,1-3H3,(H,24,26)(H,25,27)/t20-/m0/s1. The van der Waals surface area contributed by atoms with Gasteiger partial charge in [-0.1, -0.05) is 45.0 Å². The van der Waals surface area contributed by atoms with Crippen LogP contribution >= 0.6 is 0 Å². The van der Waals surface area contributed by atoms with Crippen molar-refractivity contribution in [3.8, 4) is 17.2 Å². The molecule has 30 heavy (non-hydrogen) atoms. The number of amides is 2. The second-order valence-corrected chi connectivity index (χ2v) is 8.13. The summed E-state index contributed by atoms with van der Waals surface area (Å²) in [4.78, 5) is 24.1. The van der Waals surface area contributed by atoms with Crippen molar-refractivity contribution >= 4 is 11.8 Å². The number of fused-ring (bicyclic) bond motifs is 1. The molecule has 3 rings (SSSR count). The number of hydrogen-bond donors (Lipinski definition) is 2. The molecule has 1 aliphatic rings. The molecular formula is C23H28N2O5. The van der Waals surface area contributed by atoms with Crippen LogP contribution in [0.5, 0.6) is 17.2 Å². The Morgan fingerprint density at radius 3 is 2.43 bits per heavy atom. The maximum absolute atomic E-state index is 12.2. The normalized spacial score (nSPS) is 15.2. The first-order valence-corrected chi connectivity index (χ1v) is 10.0. The predicted octanol–water partition coefficient (Wildman–Crippen LogP) is 3.13. The van der Waals surface area contributed by atoms with E-state index in [4.69, 9.17) is 14.2 Å². The molecule has 7 heteroatoms. The summed E-state index contributed by atoms with van der Waals surface area (Å²) in [7, 11) is 0. The third kappa shape index (κ3) is 5.89. The van der Waals surface area contributed by atoms with Crippen LogP contribution in [0.4, 0.5) is 0 Å². The van der Waals surface area contributed by atoms with Crippen LogP contribution in [0.1, 0.15) is 39.2 Å². The molecule has 0 saturated heterocycles. The van der Waals surface area contributed by atoms with E-state index in [9.17, 15) is 9.59 Å². The summed E-state index contributed by atoms with van der Waals surface area (Å²) in [6.07, 6.45) is -0.0655. The van der Waals surface area contributed by atoms with Gasteiger partial charge in [-0.15, -0.1) is 0 Å². The summed E-state index contributed by atoms with van der Waals surface area (Å²) in [6.45, 7) is 6.97. The highest BCUT2D eigenvalue weighted by molar-refractivity contribution is 5.85. The molecule has 0 saturated carbocycles. The van der Waals surface area contributed by atoms with E-state index in [1.54, 1.807) is 18.2 Å². The van der Waals surface area contributed by atoms with Crippen molar-refractivity contribution in [1.82, 2.24) is 10.9 Å². The molecule has 2 aromatic carbocycles. The number of hydrogen-bond acceptors (Lipinski definition) is 5. The molecule has 1 atom stereocenters. The zero-order valence-electron chi connectivity index (χ0n) is 17.6. The lowest BCUT2D eigenvalue weighted by Gasteiger charge is -2.25. The van der Waals surface area contributed by atoms with Gasteiger partial charge in [-0.2, -0.15) is 0 Å². The number of rotatable bonds is 6. The Bertz CT molecular complexity index is 874. The molecule has 0 unspecified atom stereocenters. The van der Waals surface area contributed by atoms with Crippen LogP contribution in [0, 0.1) is 0 Å². The first-order valence-electron chi connectivity index (χ1n) is 10.0. The van der Waals surface area contributed by atoms with Gasteiger partial charge < -0.3 is 14.2 Å². The molecular weight excluding hydrogens is 384 g/mol. The number of benzene rings is 2. The molecule has 0 aromatic heterocycles. The highest BCUT2D eigenvalue weighted by atomic mass is 16.6. The zero-order valence-corrected chi connectivity index (χ0v) is 17.6. The fourth-order valence-electron chi connectivity index (χ4n) is 2.90. The smallest absolute Gasteiger partial charge is 0.283 e. The van der Waals surface area contributed by atoms with E-state index in [-0.39, 0.29) is 24.3 Å². The molecule has 2 amide bonds. The Morgan fingerprint density at radius 1 is 1.03 bits per heavy atom. The van der Waals surface area contributed by atoms with Crippen LogP contribution in [-0.2, 0) is 15.0 Å². The van der Waals surface area contributed by atoms with Crippen LogP contribution in [0.2, 0.25) is 0 Å². The molecule has 0 bridgehead atoms. The van der Waals surface area contributed by atoms with E-state index >= 15 is 0 Å². The third-order valence-electron chi connectivity index (χ3n) is 4.66. The maximum Gasteiger partial charge on any atom is 0.283 e. The fourth-order valence-corrected chi connectivity index (χ4v) is 2.90. The van der Waals surface area contributed by atoms with Crippen molar-refractivity contribution in [3.63, 3.8) is 0 Å². The van der Waals surface area contributed by atoms with E-state index < -0.39 is 12.0 Å². The Morgan fingerprint density at radius 2 is 1.73 bits per heavy atom. The summed E-state index contributed by atoms with van der Waals surface area (Å²) >= 11 is 0. The summed E-state index contributed by atoms with van der Waals surface area (Å²) in [5, 5.41) is 0. The number of nitrogens with one attached hydrogen (secondary N) is 2. The second-order valence-electron chi connectivity index (χ2n) is 8.13. The minimum Gasteiger partial charge on any atom is -0.494 e. The van der Waals surface area contributed by atoms with Crippen molar-refractivity contribution in [2.75, 3.05) is 13.2 Å². The van der Waals surface area contributed by atoms with Gasteiger partial charge in [-0.05, 0) is 41.7 Å². The maximum atomic E-state index is 12.2. The van der Waals surface area contributed by atoms with Gasteiger partial charge in [0.25, 0.3) is 5.91 Å². The van der Waals surface area contributed by atoms with Crippen LogP contribution in [0.3, 0.4) is 0 Å². The molecule has 0 aliphatic carbocycles. The number of carbonyl (C=O) groups excluding carboxylic acids is 2. The molecule has 1 heterocycles. The largest absolute Gasteiger partial charge is 0.494 e. The number of ether oxygens (including phenoxy) is 3. The SMILES string of the molecule is CC(C)(C)c1ccc(OCCCC(=O)NNC(=O)[C@@H]2COc3ccccc3O2)cc1. The Balaban J connectivity index is 1.33. The zero-order chi connectivity index (χ0) is 21.6. The van der Waals surface area contributed by atoms with Crippen molar-refractivity contribution in [2.24, 2.45) is 0 Å². The summed E-state index contributed by atoms with van der Waals surface area (Å²) in [6, 6.07) is 15.1. The van der Waals surface area contributed by atoms with E-state index in [1.165, 1.54) is 5.56 Å². The minimum atomic E-state index is -0.820. The molecule has 0 spiro atoms. The first kappa shape index (κ1) is 21.5. The van der Waals surface area contributed by atoms with E-state index in [1.807, 2.05) is 30.3 Å². The molecule has 1 aliphatic heterocycles. The number of hydrazine groups is 1. The summed E-state index contributed by atoms with van der Waals surface area (Å²) < 4.78 is 16.8. The quantitative estimate of drug-likeness (QED) is 0.562. The van der Waals surface area contributed by atoms with Crippen LogP contribution in [0.15, 0.2) is 48.5 Å². The van der Waals surface area contributed by atoms with Gasteiger partial charge >= 0.3 is 0 Å². The van der Waals surface area contributed by atoms with E-state index in [0.29, 0.717) is 24.5 Å². The van der Waals surface area contributed by atoms with Gasteiger partial charge in [0.2, 0.25) is 12.0 Å². The topological polar surface area (TPSA) is 85.9 Å². The Labute approximate surface area is 176 Å². The monoisotopic (exact) mass is 412 g/mol. The van der Waals surface area contributed by atoms with Gasteiger partial charge in [-0.3, -0.25) is 20.4 Å². The highest BCUT2D eigenvalue weighted by Gasteiger charge is 2.27. The Kier molecular flexibility index (Phi) is 6.82. The average molecular weight is 412 g/mol. The lowest BCUT2D eigenvalue weighted by Crippen LogP contribution is -2.50. The van der Waals surface area contributed by atoms with Gasteiger partial charge in [0.1, 0.15) is 12.4 Å². The van der Waals surface area contributed by atoms with Crippen molar-refractivity contribution < 1.29 is 23.8 Å². The third-order valence-corrected chi connectivity index (χ3v) is 4.66. The van der Waals surface area contributed by atoms with Gasteiger partial charge in [0, 0.05) is 6.42 Å². The van der Waals surface area contributed by atoms with Crippen LogP contribution in [-0.4, -0.2) is 31.1 Å². The van der Waals surface area contributed by atoms with Crippen LogP contribution < -0.4 is 25.1 Å². The van der Waals surface area contributed by atoms with E-state index in [2.05, 4.69) is 31.6 Å². The highest BCUT2D eigenvalue weighted by Crippen LogP contribution is 2.30. The lowest BCUT2D eigenvalue weighted by molar-refractivity contribution is -0.135. The molecule has 0 fully saturated rings.